The molecule has 3 nitrogen and oxygen atoms in total. The zero-order chi connectivity index (χ0) is 11.8. The molecule has 1 rings (SSSR count). The number of benzene rings is 1. The predicted octanol–water partition coefficient (Wildman–Crippen LogP) is 2.33. The average molecular weight is 234 g/mol. The average Bonchev–Trinajstić information content (AvgIpc) is 2.34. The highest BCUT2D eigenvalue weighted by Gasteiger charge is 2.00. The fourth-order valence-corrected chi connectivity index (χ4v) is 1.61. The molecule has 1 amide bonds. The lowest BCUT2D eigenvalue weighted by Gasteiger charge is -2.04. The highest BCUT2D eigenvalue weighted by Crippen LogP contribution is 2.14. The fourth-order valence-electron chi connectivity index (χ4n) is 1.20. The zero-order valence-electron chi connectivity index (χ0n) is 9.19. The van der Waals surface area contributed by atoms with Gasteiger partial charge in [0.15, 0.2) is 0 Å². The Hall–Kier alpha value is -1.47. The van der Waals surface area contributed by atoms with Gasteiger partial charge in [-0.3, -0.25) is 4.79 Å². The lowest BCUT2D eigenvalue weighted by molar-refractivity contribution is -0.121. The van der Waals surface area contributed by atoms with Crippen molar-refractivity contribution in [3.63, 3.8) is 0 Å². The minimum absolute atomic E-state index is 0.0736. The Morgan fingerprint density at radius 1 is 1.44 bits per heavy atom. The summed E-state index contributed by atoms with van der Waals surface area (Å²) in [6.45, 7) is 0.527. The van der Waals surface area contributed by atoms with Crippen LogP contribution in [0.1, 0.15) is 18.4 Å². The number of rotatable bonds is 5. The van der Waals surface area contributed by atoms with Crippen molar-refractivity contribution in [2.45, 2.75) is 24.3 Å². The number of hydrogen-bond donors (Lipinski definition) is 1. The quantitative estimate of drug-likeness (QED) is 0.795. The fraction of sp³-hybridized carbons (Fsp3) is 0.333. The molecular formula is C12H14N2OS. The Balaban J connectivity index is 2.37. The molecule has 0 saturated heterocycles. The van der Waals surface area contributed by atoms with Crippen LogP contribution in [0.25, 0.3) is 0 Å². The maximum Gasteiger partial charge on any atom is 0.221 e. The van der Waals surface area contributed by atoms with Crippen LogP contribution in [-0.2, 0) is 11.3 Å². The molecule has 0 radical (unpaired) electrons. The molecule has 0 aliphatic rings. The first-order valence-corrected chi connectivity index (χ1v) is 6.25. The number of hydrogen-bond acceptors (Lipinski definition) is 3. The lowest BCUT2D eigenvalue weighted by atomic mass is 10.2. The molecule has 0 aliphatic heterocycles. The molecular weight excluding hydrogens is 220 g/mol. The summed E-state index contributed by atoms with van der Waals surface area (Å²) in [6.07, 6.45) is 2.58. The van der Waals surface area contributed by atoms with Crippen LogP contribution in [0, 0.1) is 11.3 Å². The molecule has 0 fully saturated rings. The van der Waals surface area contributed by atoms with Gasteiger partial charge < -0.3 is 5.32 Å². The molecule has 0 spiro atoms. The second kappa shape index (κ2) is 6.91. The van der Waals surface area contributed by atoms with Gasteiger partial charge in [0, 0.05) is 24.3 Å². The largest absolute Gasteiger partial charge is 0.352 e. The topological polar surface area (TPSA) is 52.9 Å². The molecule has 0 saturated carbocycles. The third-order valence-corrected chi connectivity index (χ3v) is 2.86. The highest BCUT2D eigenvalue weighted by molar-refractivity contribution is 7.98. The Labute approximate surface area is 99.8 Å². The summed E-state index contributed by atoms with van der Waals surface area (Å²) in [7, 11) is 0. The molecule has 0 bridgehead atoms. The van der Waals surface area contributed by atoms with Gasteiger partial charge in [0.05, 0.1) is 6.07 Å². The minimum atomic E-state index is -0.0736. The first-order chi connectivity index (χ1) is 7.76. The first-order valence-electron chi connectivity index (χ1n) is 5.03. The van der Waals surface area contributed by atoms with E-state index in [2.05, 4.69) is 5.32 Å². The highest BCUT2D eigenvalue weighted by atomic mass is 32.2. The maximum atomic E-state index is 11.2. The van der Waals surface area contributed by atoms with Crippen molar-refractivity contribution in [3.8, 4) is 6.07 Å². The summed E-state index contributed by atoms with van der Waals surface area (Å²) >= 11 is 1.69. The Morgan fingerprint density at radius 2 is 2.12 bits per heavy atom. The lowest BCUT2D eigenvalue weighted by Crippen LogP contribution is -2.22. The summed E-state index contributed by atoms with van der Waals surface area (Å²) in [5.74, 6) is -0.0736. The van der Waals surface area contributed by atoms with Gasteiger partial charge in [-0.15, -0.1) is 11.8 Å². The van der Waals surface area contributed by atoms with Gasteiger partial charge in [-0.05, 0) is 24.0 Å². The number of carbonyl (C=O) groups is 1. The monoisotopic (exact) mass is 234 g/mol. The molecule has 84 valence electrons. The van der Waals surface area contributed by atoms with Gasteiger partial charge >= 0.3 is 0 Å². The number of thioether (sulfide) groups is 1. The molecule has 1 N–H and O–H groups in total. The van der Waals surface area contributed by atoms with E-state index in [0.717, 1.165) is 5.56 Å². The summed E-state index contributed by atoms with van der Waals surface area (Å²) < 4.78 is 0. The van der Waals surface area contributed by atoms with Crippen LogP contribution in [0.15, 0.2) is 29.2 Å². The Bertz CT molecular complexity index is 381. The molecule has 1 aromatic carbocycles. The molecule has 16 heavy (non-hydrogen) atoms. The van der Waals surface area contributed by atoms with Crippen LogP contribution in [0.2, 0.25) is 0 Å². The zero-order valence-corrected chi connectivity index (χ0v) is 10.0. The van der Waals surface area contributed by atoms with E-state index >= 15 is 0 Å². The van der Waals surface area contributed by atoms with E-state index in [4.69, 9.17) is 5.26 Å². The van der Waals surface area contributed by atoms with E-state index in [1.807, 2.05) is 36.6 Å². The summed E-state index contributed by atoms with van der Waals surface area (Å²) in [5.41, 5.74) is 1.07. The maximum absolute atomic E-state index is 11.2. The third-order valence-electron chi connectivity index (χ3n) is 2.11. The van der Waals surface area contributed by atoms with E-state index in [9.17, 15) is 4.79 Å². The minimum Gasteiger partial charge on any atom is -0.352 e. The number of nitrogens with one attached hydrogen (secondary N) is 1. The van der Waals surface area contributed by atoms with Crippen molar-refractivity contribution in [2.24, 2.45) is 0 Å². The SMILES string of the molecule is CSc1ccc(CNC(=O)CCC#N)cc1. The van der Waals surface area contributed by atoms with Crippen LogP contribution in [0.3, 0.4) is 0 Å². The second-order valence-electron chi connectivity index (χ2n) is 3.28. The standard InChI is InChI=1S/C12H14N2OS/c1-16-11-6-4-10(5-7-11)9-14-12(15)3-2-8-13/h4-7H,2-3,9H2,1H3,(H,14,15). The van der Waals surface area contributed by atoms with Gasteiger partial charge in [0.2, 0.25) is 5.91 Å². The third kappa shape index (κ3) is 4.37. The molecule has 0 unspecified atom stereocenters. The predicted molar refractivity (Wildman–Crippen MR) is 64.9 cm³/mol. The molecule has 0 aliphatic carbocycles. The van der Waals surface area contributed by atoms with Crippen molar-refractivity contribution in [1.29, 1.82) is 5.26 Å². The van der Waals surface area contributed by atoms with Crippen molar-refractivity contribution < 1.29 is 4.79 Å². The van der Waals surface area contributed by atoms with Crippen molar-refractivity contribution in [3.05, 3.63) is 29.8 Å². The first kappa shape index (κ1) is 12.6. The van der Waals surface area contributed by atoms with E-state index in [-0.39, 0.29) is 18.7 Å². The Kier molecular flexibility index (Phi) is 5.44. The van der Waals surface area contributed by atoms with Crippen molar-refractivity contribution in [2.75, 3.05) is 6.26 Å². The van der Waals surface area contributed by atoms with Gasteiger partial charge in [0.25, 0.3) is 0 Å². The molecule has 0 heterocycles. The van der Waals surface area contributed by atoms with E-state index in [1.54, 1.807) is 11.8 Å². The van der Waals surface area contributed by atoms with Gasteiger partial charge in [-0.1, -0.05) is 12.1 Å². The molecule has 4 heteroatoms. The van der Waals surface area contributed by atoms with Crippen LogP contribution >= 0.6 is 11.8 Å². The molecule has 1 aromatic rings. The number of carbonyl (C=O) groups excluding carboxylic acids is 1. The second-order valence-corrected chi connectivity index (χ2v) is 4.16. The van der Waals surface area contributed by atoms with Crippen LogP contribution in [0.5, 0.6) is 0 Å². The van der Waals surface area contributed by atoms with E-state index < -0.39 is 0 Å². The molecule has 0 aromatic heterocycles. The number of nitrogens with zero attached hydrogens (tertiary/aromatic N) is 1. The van der Waals surface area contributed by atoms with Gasteiger partial charge in [-0.25, -0.2) is 0 Å². The Morgan fingerprint density at radius 3 is 2.69 bits per heavy atom. The van der Waals surface area contributed by atoms with E-state index in [0.29, 0.717) is 6.54 Å². The van der Waals surface area contributed by atoms with Crippen LogP contribution in [0.4, 0.5) is 0 Å². The van der Waals surface area contributed by atoms with Gasteiger partial charge in [-0.2, -0.15) is 5.26 Å². The normalized spacial score (nSPS) is 9.50. The van der Waals surface area contributed by atoms with Crippen LogP contribution in [-0.4, -0.2) is 12.2 Å². The smallest absolute Gasteiger partial charge is 0.221 e. The van der Waals surface area contributed by atoms with Crippen molar-refractivity contribution >= 4 is 17.7 Å². The number of nitriles is 1. The summed E-state index contributed by atoms with van der Waals surface area (Å²) in [4.78, 5) is 12.4. The van der Waals surface area contributed by atoms with Gasteiger partial charge in [0.1, 0.15) is 0 Å². The van der Waals surface area contributed by atoms with Crippen molar-refractivity contribution in [1.82, 2.24) is 5.32 Å². The summed E-state index contributed by atoms with van der Waals surface area (Å²) in [6, 6.07) is 10.00. The summed E-state index contributed by atoms with van der Waals surface area (Å²) in [5, 5.41) is 11.1. The van der Waals surface area contributed by atoms with Crippen LogP contribution < -0.4 is 5.32 Å². The molecule has 0 atom stereocenters. The van der Waals surface area contributed by atoms with E-state index in [1.165, 1.54) is 4.90 Å². The number of amides is 1.